The third-order valence-electron chi connectivity index (χ3n) is 5.66. The van der Waals surface area contributed by atoms with Crippen molar-refractivity contribution in [2.75, 3.05) is 12.0 Å². The Morgan fingerprint density at radius 3 is 2.26 bits per heavy atom. The maximum atomic E-state index is 6.01. The van der Waals surface area contributed by atoms with Crippen molar-refractivity contribution in [3.05, 3.63) is 119 Å². The Kier molecular flexibility index (Phi) is 8.33. The number of thiazole rings is 1. The van der Waals surface area contributed by atoms with Crippen LogP contribution in [0.3, 0.4) is 0 Å². The Bertz CT molecular complexity index is 1450. The molecule has 0 fully saturated rings. The van der Waals surface area contributed by atoms with Crippen LogP contribution in [0.4, 0.5) is 5.13 Å². The normalized spacial score (nSPS) is 11.0. The lowest BCUT2D eigenvalue weighted by molar-refractivity contribution is 0.269. The van der Waals surface area contributed by atoms with E-state index in [1.807, 2.05) is 85.8 Å². The zero-order valence-electron chi connectivity index (χ0n) is 20.8. The van der Waals surface area contributed by atoms with Gasteiger partial charge in [-0.05, 0) is 53.9 Å². The van der Waals surface area contributed by atoms with Gasteiger partial charge < -0.3 is 9.47 Å². The smallest absolute Gasteiger partial charge is 0.204 e. The van der Waals surface area contributed by atoms with Gasteiger partial charge in [0, 0.05) is 10.6 Å². The summed E-state index contributed by atoms with van der Waals surface area (Å²) in [4.78, 5) is 5.94. The Morgan fingerprint density at radius 2 is 1.55 bits per heavy atom. The topological polar surface area (TPSA) is 55.7 Å². The summed E-state index contributed by atoms with van der Waals surface area (Å²) >= 11 is 7.55. The average molecular weight is 540 g/mol. The van der Waals surface area contributed by atoms with Crippen LogP contribution in [0.25, 0.3) is 21.7 Å². The van der Waals surface area contributed by atoms with Gasteiger partial charge in [-0.2, -0.15) is 5.10 Å². The minimum absolute atomic E-state index is 0.420. The van der Waals surface area contributed by atoms with Crippen LogP contribution in [0.5, 0.6) is 11.5 Å². The van der Waals surface area contributed by atoms with Crippen molar-refractivity contribution in [2.45, 2.75) is 13.5 Å². The molecule has 0 amide bonds. The maximum absolute atomic E-state index is 6.01. The molecule has 0 aliphatic rings. The fourth-order valence-electron chi connectivity index (χ4n) is 3.84. The molecule has 0 spiro atoms. The molecule has 5 aromatic rings. The number of benzene rings is 4. The van der Waals surface area contributed by atoms with Gasteiger partial charge in [0.2, 0.25) is 5.13 Å². The molecule has 0 bridgehead atoms. The summed E-state index contributed by atoms with van der Waals surface area (Å²) in [5.41, 5.74) is 8.13. The van der Waals surface area contributed by atoms with Gasteiger partial charge in [0.25, 0.3) is 0 Å². The highest BCUT2D eigenvalue weighted by molar-refractivity contribution is 7.19. The summed E-state index contributed by atoms with van der Waals surface area (Å²) in [7, 11) is 0. The van der Waals surface area contributed by atoms with Crippen molar-refractivity contribution in [1.82, 2.24) is 4.98 Å². The zero-order valence-corrected chi connectivity index (χ0v) is 22.4. The van der Waals surface area contributed by atoms with Crippen LogP contribution in [0.1, 0.15) is 18.1 Å². The average Bonchev–Trinajstić information content (AvgIpc) is 3.39. The lowest BCUT2D eigenvalue weighted by Crippen LogP contribution is -2.00. The SMILES string of the molecule is CCOc1cc(/C=N\Nc2nc(-c3ccccc3)c(-c3ccccc3)s2)ccc1OCc1ccc(Cl)cc1. The number of ether oxygens (including phenoxy) is 2. The highest BCUT2D eigenvalue weighted by atomic mass is 35.5. The Balaban J connectivity index is 1.32. The third kappa shape index (κ3) is 6.40. The maximum Gasteiger partial charge on any atom is 0.204 e. The van der Waals surface area contributed by atoms with Gasteiger partial charge in [0.05, 0.1) is 23.4 Å². The first-order valence-corrected chi connectivity index (χ1v) is 13.4. The predicted molar refractivity (Wildman–Crippen MR) is 158 cm³/mol. The molecule has 4 aromatic carbocycles. The standard InChI is InChI=1S/C31H26ClN3O2S/c1-2-36-28-19-23(15-18-27(28)37-21-22-13-16-26(32)17-14-22)20-33-35-31-34-29(24-9-5-3-6-10-24)30(38-31)25-11-7-4-8-12-25/h3-20H,2,21H2,1H3,(H,34,35)/b33-20-. The molecule has 0 aliphatic heterocycles. The number of anilines is 1. The fraction of sp³-hybridized carbons (Fsp3) is 0.0968. The molecular formula is C31H26ClN3O2S. The molecule has 7 heteroatoms. The van der Waals surface area contributed by atoms with E-state index in [2.05, 4.69) is 34.8 Å². The highest BCUT2D eigenvalue weighted by Gasteiger charge is 2.14. The fourth-order valence-corrected chi connectivity index (χ4v) is 4.91. The van der Waals surface area contributed by atoms with Gasteiger partial charge in [0.1, 0.15) is 6.61 Å². The number of rotatable bonds is 10. The predicted octanol–water partition coefficient (Wildman–Crippen LogP) is 8.55. The van der Waals surface area contributed by atoms with E-state index >= 15 is 0 Å². The lowest BCUT2D eigenvalue weighted by Gasteiger charge is -2.12. The van der Waals surface area contributed by atoms with E-state index in [9.17, 15) is 0 Å². The van der Waals surface area contributed by atoms with E-state index in [-0.39, 0.29) is 0 Å². The quantitative estimate of drug-likeness (QED) is 0.143. The van der Waals surface area contributed by atoms with Crippen LogP contribution >= 0.6 is 22.9 Å². The second-order valence-corrected chi connectivity index (χ2v) is 9.79. The molecule has 0 aliphatic carbocycles. The van der Waals surface area contributed by atoms with E-state index in [1.165, 1.54) is 0 Å². The minimum Gasteiger partial charge on any atom is -0.490 e. The van der Waals surface area contributed by atoms with Crippen molar-refractivity contribution >= 4 is 34.3 Å². The highest BCUT2D eigenvalue weighted by Crippen LogP contribution is 2.39. The van der Waals surface area contributed by atoms with Crippen LogP contribution in [0.2, 0.25) is 5.02 Å². The number of halogens is 1. The number of hydrazone groups is 1. The van der Waals surface area contributed by atoms with Crippen molar-refractivity contribution in [2.24, 2.45) is 5.10 Å². The second kappa shape index (κ2) is 12.4. The number of nitrogens with zero attached hydrogens (tertiary/aromatic N) is 2. The molecule has 0 saturated carbocycles. The van der Waals surface area contributed by atoms with Crippen molar-refractivity contribution < 1.29 is 9.47 Å². The third-order valence-corrected chi connectivity index (χ3v) is 6.92. The van der Waals surface area contributed by atoms with Gasteiger partial charge in [-0.3, -0.25) is 5.43 Å². The number of nitrogens with one attached hydrogen (secondary N) is 1. The summed E-state index contributed by atoms with van der Waals surface area (Å²) in [5, 5.41) is 5.87. The molecular weight excluding hydrogens is 514 g/mol. The molecule has 1 N–H and O–H groups in total. The van der Waals surface area contributed by atoms with E-state index in [1.54, 1.807) is 17.6 Å². The van der Waals surface area contributed by atoms with Gasteiger partial charge in [0.15, 0.2) is 11.5 Å². The Labute approximate surface area is 231 Å². The van der Waals surface area contributed by atoms with Crippen molar-refractivity contribution in [3.63, 3.8) is 0 Å². The first-order valence-electron chi connectivity index (χ1n) is 12.2. The monoisotopic (exact) mass is 539 g/mol. The summed E-state index contributed by atoms with van der Waals surface area (Å²) in [6.07, 6.45) is 1.75. The number of aromatic nitrogens is 1. The van der Waals surface area contributed by atoms with Crippen LogP contribution in [-0.4, -0.2) is 17.8 Å². The molecule has 5 rings (SSSR count). The van der Waals surface area contributed by atoms with Crippen molar-refractivity contribution in [3.8, 4) is 33.2 Å². The van der Waals surface area contributed by atoms with Gasteiger partial charge >= 0.3 is 0 Å². The van der Waals surface area contributed by atoms with E-state index in [0.29, 0.717) is 34.9 Å². The van der Waals surface area contributed by atoms with Crippen LogP contribution < -0.4 is 14.9 Å². The first-order chi connectivity index (χ1) is 18.7. The van der Waals surface area contributed by atoms with Crippen LogP contribution in [0.15, 0.2) is 108 Å². The Hall–Kier alpha value is -4.13. The molecule has 0 atom stereocenters. The molecule has 38 heavy (non-hydrogen) atoms. The molecule has 0 saturated heterocycles. The minimum atomic E-state index is 0.420. The number of hydrogen-bond donors (Lipinski definition) is 1. The van der Waals surface area contributed by atoms with Crippen LogP contribution in [-0.2, 0) is 6.61 Å². The molecule has 5 nitrogen and oxygen atoms in total. The van der Waals surface area contributed by atoms with Gasteiger partial charge in [-0.15, -0.1) is 0 Å². The summed E-state index contributed by atoms with van der Waals surface area (Å²) in [6.45, 7) is 2.89. The van der Waals surface area contributed by atoms with E-state index in [0.717, 1.165) is 32.8 Å². The molecule has 1 aromatic heterocycles. The lowest BCUT2D eigenvalue weighted by atomic mass is 10.1. The van der Waals surface area contributed by atoms with Gasteiger partial charge in [-0.1, -0.05) is 95.7 Å². The van der Waals surface area contributed by atoms with Crippen molar-refractivity contribution in [1.29, 1.82) is 0 Å². The second-order valence-electron chi connectivity index (χ2n) is 8.35. The molecule has 190 valence electrons. The molecule has 1 heterocycles. The number of hydrogen-bond acceptors (Lipinski definition) is 6. The van der Waals surface area contributed by atoms with Crippen LogP contribution in [0, 0.1) is 0 Å². The zero-order chi connectivity index (χ0) is 26.2. The van der Waals surface area contributed by atoms with Gasteiger partial charge in [-0.25, -0.2) is 4.98 Å². The Morgan fingerprint density at radius 1 is 0.842 bits per heavy atom. The molecule has 0 unspecified atom stereocenters. The summed E-state index contributed by atoms with van der Waals surface area (Å²) < 4.78 is 11.8. The molecule has 0 radical (unpaired) electrons. The summed E-state index contributed by atoms with van der Waals surface area (Å²) in [5.74, 6) is 1.34. The largest absolute Gasteiger partial charge is 0.490 e. The first kappa shape index (κ1) is 25.5. The van der Waals surface area contributed by atoms with E-state index in [4.69, 9.17) is 26.1 Å². The van der Waals surface area contributed by atoms with E-state index < -0.39 is 0 Å². The summed E-state index contributed by atoms with van der Waals surface area (Å²) in [6, 6.07) is 33.8.